The lowest BCUT2D eigenvalue weighted by molar-refractivity contribution is 0.589. The molecule has 3 aromatic rings. The molecule has 1 saturated heterocycles. The maximum Gasteiger partial charge on any atom is 0.251 e. The van der Waals surface area contributed by atoms with E-state index in [0.29, 0.717) is 6.54 Å². The average Bonchev–Trinajstić information content (AvgIpc) is 2.65. The number of nitrogens with one attached hydrogen (secondary N) is 1. The van der Waals surface area contributed by atoms with Crippen LogP contribution in [0.5, 0.6) is 0 Å². The number of para-hydroxylation sites is 1. The molecular formula is C20H21N3O. The molecule has 1 fully saturated rings. The summed E-state index contributed by atoms with van der Waals surface area (Å²) in [6.45, 7) is 4.69. The van der Waals surface area contributed by atoms with Gasteiger partial charge in [0.05, 0.1) is 12.1 Å². The highest BCUT2D eigenvalue weighted by molar-refractivity contribution is 5.78. The summed E-state index contributed by atoms with van der Waals surface area (Å²) in [6, 6.07) is 20.1. The van der Waals surface area contributed by atoms with Crippen molar-refractivity contribution in [2.75, 3.05) is 31.1 Å². The van der Waals surface area contributed by atoms with Gasteiger partial charge in [-0.2, -0.15) is 0 Å². The molecule has 4 rings (SSSR count). The van der Waals surface area contributed by atoms with Gasteiger partial charge < -0.3 is 14.8 Å². The summed E-state index contributed by atoms with van der Waals surface area (Å²) in [5.74, 6) is 0. The molecule has 0 amide bonds. The van der Waals surface area contributed by atoms with Crippen LogP contribution in [0.2, 0.25) is 0 Å². The summed E-state index contributed by atoms with van der Waals surface area (Å²) >= 11 is 0. The lowest BCUT2D eigenvalue weighted by Gasteiger charge is -2.29. The highest BCUT2D eigenvalue weighted by Gasteiger charge is 2.11. The Bertz CT molecular complexity index is 910. The summed E-state index contributed by atoms with van der Waals surface area (Å²) in [5, 5.41) is 4.47. The van der Waals surface area contributed by atoms with Crippen LogP contribution in [0.1, 0.15) is 5.56 Å². The molecule has 0 bridgehead atoms. The van der Waals surface area contributed by atoms with Gasteiger partial charge >= 0.3 is 0 Å². The number of rotatable bonds is 3. The van der Waals surface area contributed by atoms with Crippen LogP contribution < -0.4 is 15.8 Å². The van der Waals surface area contributed by atoms with E-state index in [1.54, 1.807) is 6.07 Å². The Labute approximate surface area is 141 Å². The Balaban J connectivity index is 1.69. The zero-order valence-corrected chi connectivity index (χ0v) is 13.6. The monoisotopic (exact) mass is 319 g/mol. The number of nitrogens with zero attached hydrogens (tertiary/aromatic N) is 2. The van der Waals surface area contributed by atoms with E-state index in [0.717, 1.165) is 42.6 Å². The second-order valence-corrected chi connectivity index (χ2v) is 6.22. The van der Waals surface area contributed by atoms with Crippen molar-refractivity contribution in [2.45, 2.75) is 6.54 Å². The van der Waals surface area contributed by atoms with Gasteiger partial charge in [-0.3, -0.25) is 4.79 Å². The Morgan fingerprint density at radius 1 is 0.917 bits per heavy atom. The minimum Gasteiger partial charge on any atom is -0.369 e. The maximum atomic E-state index is 12.4. The van der Waals surface area contributed by atoms with E-state index in [1.807, 2.05) is 34.9 Å². The molecular weight excluding hydrogens is 298 g/mol. The molecule has 0 radical (unpaired) electrons. The number of pyridine rings is 1. The Morgan fingerprint density at radius 3 is 2.62 bits per heavy atom. The van der Waals surface area contributed by atoms with Crippen molar-refractivity contribution in [1.29, 1.82) is 0 Å². The number of piperazine rings is 1. The Morgan fingerprint density at radius 2 is 1.75 bits per heavy atom. The van der Waals surface area contributed by atoms with E-state index in [4.69, 9.17) is 0 Å². The fourth-order valence-corrected chi connectivity index (χ4v) is 3.36. The van der Waals surface area contributed by atoms with E-state index in [-0.39, 0.29) is 5.56 Å². The number of fused-ring (bicyclic) bond motifs is 1. The quantitative estimate of drug-likeness (QED) is 0.806. The summed E-state index contributed by atoms with van der Waals surface area (Å²) in [5.41, 5.74) is 3.42. The molecule has 4 nitrogen and oxygen atoms in total. The molecule has 2 heterocycles. The lowest BCUT2D eigenvalue weighted by atomic mass is 10.1. The van der Waals surface area contributed by atoms with Crippen LogP contribution in [0.4, 0.5) is 5.69 Å². The zero-order valence-electron chi connectivity index (χ0n) is 13.6. The summed E-state index contributed by atoms with van der Waals surface area (Å²) in [7, 11) is 0. The number of hydrogen-bond donors (Lipinski definition) is 1. The Hall–Kier alpha value is -2.59. The lowest BCUT2D eigenvalue weighted by Crippen LogP contribution is -2.43. The molecule has 1 aliphatic rings. The van der Waals surface area contributed by atoms with Crippen LogP contribution >= 0.6 is 0 Å². The van der Waals surface area contributed by atoms with E-state index < -0.39 is 0 Å². The minimum absolute atomic E-state index is 0.0428. The van der Waals surface area contributed by atoms with Gasteiger partial charge in [-0.25, -0.2) is 0 Å². The van der Waals surface area contributed by atoms with E-state index in [9.17, 15) is 4.79 Å². The van der Waals surface area contributed by atoms with Crippen molar-refractivity contribution in [3.8, 4) is 0 Å². The molecule has 0 unspecified atom stereocenters. The molecule has 0 atom stereocenters. The molecule has 24 heavy (non-hydrogen) atoms. The zero-order chi connectivity index (χ0) is 16.4. The summed E-state index contributed by atoms with van der Waals surface area (Å²) in [4.78, 5) is 14.8. The SMILES string of the molecule is O=c1ccc2ccccc2n1Cc1cccc(N2CCNCC2)c1. The van der Waals surface area contributed by atoms with Gasteiger partial charge in [-0.05, 0) is 35.2 Å². The molecule has 1 aromatic heterocycles. The molecule has 1 aliphatic heterocycles. The predicted octanol–water partition coefficient (Wildman–Crippen LogP) is 2.46. The van der Waals surface area contributed by atoms with Gasteiger partial charge in [0.15, 0.2) is 0 Å². The van der Waals surface area contributed by atoms with Crippen molar-refractivity contribution in [3.63, 3.8) is 0 Å². The first-order chi connectivity index (χ1) is 11.8. The first kappa shape index (κ1) is 15.0. The molecule has 0 saturated carbocycles. The Kier molecular flexibility index (Phi) is 4.05. The molecule has 2 aromatic carbocycles. The van der Waals surface area contributed by atoms with E-state index in [1.165, 1.54) is 5.69 Å². The number of anilines is 1. The van der Waals surface area contributed by atoms with Gasteiger partial charge in [0, 0.05) is 37.9 Å². The van der Waals surface area contributed by atoms with Crippen molar-refractivity contribution < 1.29 is 0 Å². The number of hydrogen-bond acceptors (Lipinski definition) is 3. The van der Waals surface area contributed by atoms with Gasteiger partial charge in [-0.15, -0.1) is 0 Å². The molecule has 1 N–H and O–H groups in total. The van der Waals surface area contributed by atoms with Crippen LogP contribution in [-0.2, 0) is 6.54 Å². The standard InChI is InChI=1S/C20H21N3O/c24-20-9-8-17-5-1-2-7-19(17)23(20)15-16-4-3-6-18(14-16)22-12-10-21-11-13-22/h1-9,14,21H,10-13,15H2. The number of benzene rings is 2. The summed E-state index contributed by atoms with van der Waals surface area (Å²) < 4.78 is 1.85. The van der Waals surface area contributed by atoms with Gasteiger partial charge in [0.2, 0.25) is 0 Å². The van der Waals surface area contributed by atoms with Crippen molar-refractivity contribution in [1.82, 2.24) is 9.88 Å². The van der Waals surface area contributed by atoms with Crippen molar-refractivity contribution in [3.05, 3.63) is 76.6 Å². The fraction of sp³-hybridized carbons (Fsp3) is 0.250. The molecule has 0 aliphatic carbocycles. The first-order valence-electron chi connectivity index (χ1n) is 8.44. The van der Waals surface area contributed by atoms with Crippen molar-refractivity contribution in [2.24, 2.45) is 0 Å². The first-order valence-corrected chi connectivity index (χ1v) is 8.44. The van der Waals surface area contributed by atoms with Crippen LogP contribution in [0.15, 0.2) is 65.5 Å². The average molecular weight is 319 g/mol. The topological polar surface area (TPSA) is 37.3 Å². The van der Waals surface area contributed by atoms with Gasteiger partial charge in [0.25, 0.3) is 5.56 Å². The third kappa shape index (κ3) is 2.93. The van der Waals surface area contributed by atoms with Crippen LogP contribution in [0, 0.1) is 0 Å². The highest BCUT2D eigenvalue weighted by atomic mass is 16.1. The second kappa shape index (κ2) is 6.49. The summed E-state index contributed by atoms with van der Waals surface area (Å²) in [6.07, 6.45) is 0. The van der Waals surface area contributed by atoms with Gasteiger partial charge in [-0.1, -0.05) is 30.3 Å². The molecule has 4 heteroatoms. The van der Waals surface area contributed by atoms with Gasteiger partial charge in [0.1, 0.15) is 0 Å². The highest BCUT2D eigenvalue weighted by Crippen LogP contribution is 2.19. The molecule has 122 valence electrons. The predicted molar refractivity (Wildman–Crippen MR) is 98.8 cm³/mol. The third-order valence-corrected chi connectivity index (χ3v) is 4.63. The third-order valence-electron chi connectivity index (χ3n) is 4.63. The van der Waals surface area contributed by atoms with E-state index in [2.05, 4.69) is 34.5 Å². The normalized spacial score (nSPS) is 14.9. The van der Waals surface area contributed by atoms with E-state index >= 15 is 0 Å². The largest absolute Gasteiger partial charge is 0.369 e. The van der Waals surface area contributed by atoms with Crippen LogP contribution in [0.25, 0.3) is 10.9 Å². The fourth-order valence-electron chi connectivity index (χ4n) is 3.36. The minimum atomic E-state index is 0.0428. The maximum absolute atomic E-state index is 12.4. The smallest absolute Gasteiger partial charge is 0.251 e. The number of aromatic nitrogens is 1. The van der Waals surface area contributed by atoms with Crippen LogP contribution in [-0.4, -0.2) is 30.7 Å². The molecule has 0 spiro atoms. The second-order valence-electron chi connectivity index (χ2n) is 6.22. The van der Waals surface area contributed by atoms with Crippen LogP contribution in [0.3, 0.4) is 0 Å². The van der Waals surface area contributed by atoms with Crippen molar-refractivity contribution >= 4 is 16.6 Å².